The fourth-order valence-corrected chi connectivity index (χ4v) is 4.72. The maximum atomic E-state index is 13.2. The summed E-state index contributed by atoms with van der Waals surface area (Å²) in [5.41, 5.74) is 2.81. The quantitative estimate of drug-likeness (QED) is 0.238. The van der Waals surface area contributed by atoms with E-state index in [1.165, 1.54) is 33.1 Å². The zero-order valence-electron chi connectivity index (χ0n) is 18.5. The Morgan fingerprint density at radius 1 is 0.970 bits per heavy atom. The number of carbonyl (C=O) groups is 4. The van der Waals surface area contributed by atoms with Gasteiger partial charge in [0.05, 0.1) is 7.11 Å². The molecule has 0 aromatic heterocycles. The minimum Gasteiger partial charge on any atom is -0.467 e. The van der Waals surface area contributed by atoms with Crippen molar-refractivity contribution >= 4 is 46.4 Å². The summed E-state index contributed by atoms with van der Waals surface area (Å²) in [6.45, 7) is 2.45. The summed E-state index contributed by atoms with van der Waals surface area (Å²) < 4.78 is 14.4. The molecule has 1 unspecified atom stereocenters. The van der Waals surface area contributed by atoms with Crippen molar-refractivity contribution in [3.8, 4) is 11.5 Å². The Labute approximate surface area is 205 Å². The predicted octanol–water partition coefficient (Wildman–Crippen LogP) is 2.71. The van der Waals surface area contributed by atoms with Crippen molar-refractivity contribution in [1.29, 1.82) is 0 Å². The molecule has 174 valence electrons. The summed E-state index contributed by atoms with van der Waals surface area (Å²) in [5.74, 6) is -1.90. The number of fused-ring (bicyclic) bond motifs is 1. The molecule has 1 aliphatic rings. The molecule has 0 heterocycles. The van der Waals surface area contributed by atoms with Crippen LogP contribution >= 0.6 is 22.6 Å². The standard InChI is InChI=1S/C24H24INO7/c1-14(27)32-20-9-8-16(11-21(20)33-15(2)28)10-19(22(29)31-3)26-23(30)24(25)12-17-6-4-5-7-18(17)13-24/h4-9,11,19H,10,12-13H2,1-3H3,(H,26,30). The van der Waals surface area contributed by atoms with Crippen LogP contribution in [0.2, 0.25) is 0 Å². The summed E-state index contributed by atoms with van der Waals surface area (Å²) in [5, 5.41) is 2.83. The van der Waals surface area contributed by atoms with Crippen LogP contribution in [0.15, 0.2) is 42.5 Å². The van der Waals surface area contributed by atoms with Gasteiger partial charge in [-0.2, -0.15) is 0 Å². The lowest BCUT2D eigenvalue weighted by Gasteiger charge is -2.24. The van der Waals surface area contributed by atoms with Gasteiger partial charge in [0.25, 0.3) is 0 Å². The minimum absolute atomic E-state index is 0.0433. The fourth-order valence-electron chi connectivity index (χ4n) is 3.74. The molecular formula is C24H24INO7. The second-order valence-electron chi connectivity index (χ2n) is 7.81. The lowest BCUT2D eigenvalue weighted by atomic mass is 10.0. The number of amides is 1. The van der Waals surface area contributed by atoms with Gasteiger partial charge in [-0.05, 0) is 41.7 Å². The molecule has 0 spiro atoms. The first-order valence-corrected chi connectivity index (χ1v) is 11.3. The van der Waals surface area contributed by atoms with E-state index in [1.807, 2.05) is 24.3 Å². The summed E-state index contributed by atoms with van der Waals surface area (Å²) in [7, 11) is 1.25. The largest absolute Gasteiger partial charge is 0.467 e. The molecule has 0 bridgehead atoms. The molecule has 1 N–H and O–H groups in total. The number of halogens is 1. The number of carbonyl (C=O) groups excluding carboxylic acids is 4. The van der Waals surface area contributed by atoms with Crippen LogP contribution in [0.5, 0.6) is 11.5 Å². The van der Waals surface area contributed by atoms with E-state index in [9.17, 15) is 19.2 Å². The van der Waals surface area contributed by atoms with Gasteiger partial charge in [0, 0.05) is 20.3 Å². The number of hydrogen-bond donors (Lipinski definition) is 1. The molecule has 0 saturated carbocycles. The Hall–Kier alpha value is -2.95. The number of alkyl halides is 1. The third-order valence-corrected chi connectivity index (χ3v) is 6.47. The van der Waals surface area contributed by atoms with Crippen LogP contribution in [0, 0.1) is 0 Å². The van der Waals surface area contributed by atoms with Gasteiger partial charge in [0.2, 0.25) is 5.91 Å². The first-order valence-electron chi connectivity index (χ1n) is 10.3. The molecule has 2 aromatic carbocycles. The third kappa shape index (κ3) is 6.10. The lowest BCUT2D eigenvalue weighted by molar-refractivity contribution is -0.145. The zero-order valence-corrected chi connectivity index (χ0v) is 20.6. The Morgan fingerprint density at radius 3 is 2.09 bits per heavy atom. The average molecular weight is 565 g/mol. The van der Waals surface area contributed by atoms with E-state index in [0.717, 1.165) is 11.1 Å². The van der Waals surface area contributed by atoms with Gasteiger partial charge in [0.15, 0.2) is 11.5 Å². The van der Waals surface area contributed by atoms with Crippen LogP contribution in [0.4, 0.5) is 0 Å². The first kappa shape index (κ1) is 24.7. The van der Waals surface area contributed by atoms with Crippen molar-refractivity contribution in [3.63, 3.8) is 0 Å². The first-order chi connectivity index (χ1) is 15.6. The van der Waals surface area contributed by atoms with E-state index in [2.05, 4.69) is 27.9 Å². The Morgan fingerprint density at radius 2 is 1.55 bits per heavy atom. The van der Waals surface area contributed by atoms with Gasteiger partial charge in [-0.3, -0.25) is 14.4 Å². The molecule has 33 heavy (non-hydrogen) atoms. The number of nitrogens with one attached hydrogen (secondary N) is 1. The molecule has 9 heteroatoms. The van der Waals surface area contributed by atoms with E-state index in [0.29, 0.717) is 18.4 Å². The highest BCUT2D eigenvalue weighted by molar-refractivity contribution is 14.1. The van der Waals surface area contributed by atoms with Crippen LogP contribution < -0.4 is 14.8 Å². The van der Waals surface area contributed by atoms with Crippen molar-refractivity contribution in [3.05, 3.63) is 59.2 Å². The van der Waals surface area contributed by atoms with Crippen molar-refractivity contribution < 1.29 is 33.4 Å². The van der Waals surface area contributed by atoms with Gasteiger partial charge in [0.1, 0.15) is 9.46 Å². The van der Waals surface area contributed by atoms with Crippen molar-refractivity contribution in [2.45, 2.75) is 42.6 Å². The number of rotatable bonds is 7. The van der Waals surface area contributed by atoms with Crippen LogP contribution in [0.1, 0.15) is 30.5 Å². The van der Waals surface area contributed by atoms with Gasteiger partial charge < -0.3 is 19.5 Å². The molecular weight excluding hydrogens is 541 g/mol. The minimum atomic E-state index is -0.956. The summed E-state index contributed by atoms with van der Waals surface area (Å²) in [6, 6.07) is 11.5. The number of ether oxygens (including phenoxy) is 3. The van der Waals surface area contributed by atoms with Gasteiger partial charge in [-0.15, -0.1) is 0 Å². The Kier molecular flexibility index (Phi) is 7.72. The monoisotopic (exact) mass is 565 g/mol. The molecule has 8 nitrogen and oxygen atoms in total. The maximum absolute atomic E-state index is 13.2. The SMILES string of the molecule is COC(=O)C(Cc1ccc(OC(C)=O)c(OC(C)=O)c1)NC(=O)C1(I)Cc2ccccc2C1. The van der Waals surface area contributed by atoms with E-state index in [1.54, 1.807) is 6.07 Å². The van der Waals surface area contributed by atoms with Crippen LogP contribution in [-0.4, -0.2) is 40.4 Å². The normalized spacial score (nSPS) is 14.5. The van der Waals surface area contributed by atoms with Crippen LogP contribution in [-0.2, 0) is 43.2 Å². The van der Waals surface area contributed by atoms with Crippen LogP contribution in [0.25, 0.3) is 0 Å². The Balaban J connectivity index is 1.80. The highest BCUT2D eigenvalue weighted by atomic mass is 127. The molecule has 3 rings (SSSR count). The fraction of sp³-hybridized carbons (Fsp3) is 0.333. The van der Waals surface area contributed by atoms with Crippen LogP contribution in [0.3, 0.4) is 0 Å². The molecule has 0 saturated heterocycles. The number of hydrogen-bond acceptors (Lipinski definition) is 7. The highest BCUT2D eigenvalue weighted by Gasteiger charge is 2.42. The second-order valence-corrected chi connectivity index (χ2v) is 9.87. The van der Waals surface area contributed by atoms with E-state index in [-0.39, 0.29) is 23.8 Å². The molecule has 0 radical (unpaired) electrons. The maximum Gasteiger partial charge on any atom is 0.328 e. The van der Waals surface area contributed by atoms with Crippen molar-refractivity contribution in [2.75, 3.05) is 7.11 Å². The average Bonchev–Trinajstić information content (AvgIpc) is 3.11. The van der Waals surface area contributed by atoms with E-state index < -0.39 is 27.4 Å². The summed E-state index contributed by atoms with van der Waals surface area (Å²) in [4.78, 5) is 48.5. The highest BCUT2D eigenvalue weighted by Crippen LogP contribution is 2.37. The predicted molar refractivity (Wildman–Crippen MR) is 127 cm³/mol. The summed E-state index contributed by atoms with van der Waals surface area (Å²) >= 11 is 2.15. The van der Waals surface area contributed by atoms with Crippen molar-refractivity contribution in [1.82, 2.24) is 5.32 Å². The van der Waals surface area contributed by atoms with Gasteiger partial charge in [-0.1, -0.05) is 52.9 Å². The van der Waals surface area contributed by atoms with E-state index >= 15 is 0 Å². The molecule has 0 aliphatic heterocycles. The molecule has 1 atom stereocenters. The zero-order chi connectivity index (χ0) is 24.2. The molecule has 1 aliphatic carbocycles. The smallest absolute Gasteiger partial charge is 0.328 e. The number of methoxy groups -OCH3 is 1. The molecule has 2 aromatic rings. The number of esters is 3. The second kappa shape index (κ2) is 10.3. The summed E-state index contributed by atoms with van der Waals surface area (Å²) in [6.07, 6.45) is 1.22. The van der Waals surface area contributed by atoms with Gasteiger partial charge >= 0.3 is 17.9 Å². The van der Waals surface area contributed by atoms with Crippen molar-refractivity contribution in [2.24, 2.45) is 0 Å². The van der Waals surface area contributed by atoms with E-state index in [4.69, 9.17) is 14.2 Å². The molecule has 1 amide bonds. The number of benzene rings is 2. The lowest BCUT2D eigenvalue weighted by Crippen LogP contribution is -2.51. The Bertz CT molecular complexity index is 1070. The molecule has 0 fully saturated rings. The van der Waals surface area contributed by atoms with Gasteiger partial charge in [-0.25, -0.2) is 4.79 Å². The third-order valence-electron chi connectivity index (χ3n) is 5.21. The topological polar surface area (TPSA) is 108 Å².